The van der Waals surface area contributed by atoms with E-state index in [0.717, 1.165) is 61.5 Å². The standard InChI is InChI=1S/C22H28ClN5O/c1-2-24-22(25-12-11-16-9-10-20(23)26-14-16)27-15-17-5-3-8-19(13-17)28-21(29)18-6-4-7-18/h3,5,8-10,13-14,18H,2,4,6-7,11-12,15H2,1H3,(H,28,29)(H2,24,25,27). The van der Waals surface area contributed by atoms with Gasteiger partial charge in [0.2, 0.25) is 5.91 Å². The SMILES string of the molecule is CCNC(=NCc1cccc(NC(=O)C2CCC2)c1)NCCc1ccc(Cl)nc1. The zero-order valence-corrected chi connectivity index (χ0v) is 17.5. The first-order valence-electron chi connectivity index (χ1n) is 10.2. The van der Waals surface area contributed by atoms with E-state index < -0.39 is 0 Å². The second-order valence-corrected chi connectivity index (χ2v) is 7.57. The number of aliphatic imine (C=N–C) groups is 1. The molecule has 1 saturated carbocycles. The van der Waals surface area contributed by atoms with E-state index in [9.17, 15) is 4.79 Å². The van der Waals surface area contributed by atoms with Crippen molar-refractivity contribution in [2.75, 3.05) is 18.4 Å². The van der Waals surface area contributed by atoms with Gasteiger partial charge < -0.3 is 16.0 Å². The van der Waals surface area contributed by atoms with Gasteiger partial charge in [-0.05, 0) is 55.5 Å². The number of nitrogens with zero attached hydrogens (tertiary/aromatic N) is 2. The number of anilines is 1. The van der Waals surface area contributed by atoms with E-state index in [0.29, 0.717) is 11.7 Å². The average Bonchev–Trinajstić information content (AvgIpc) is 2.66. The van der Waals surface area contributed by atoms with Gasteiger partial charge in [0, 0.05) is 30.9 Å². The normalized spacial score (nSPS) is 14.2. The number of guanidine groups is 1. The minimum absolute atomic E-state index is 0.128. The van der Waals surface area contributed by atoms with Crippen LogP contribution >= 0.6 is 11.6 Å². The molecule has 1 fully saturated rings. The van der Waals surface area contributed by atoms with Gasteiger partial charge in [-0.1, -0.05) is 36.2 Å². The number of aromatic nitrogens is 1. The summed E-state index contributed by atoms with van der Waals surface area (Å²) in [4.78, 5) is 20.9. The summed E-state index contributed by atoms with van der Waals surface area (Å²) in [5.41, 5.74) is 3.01. The maximum atomic E-state index is 12.1. The molecule has 0 saturated heterocycles. The predicted octanol–water partition coefficient (Wildman–Crippen LogP) is 3.77. The van der Waals surface area contributed by atoms with Crippen LogP contribution in [-0.2, 0) is 17.8 Å². The van der Waals surface area contributed by atoms with E-state index in [1.54, 1.807) is 12.3 Å². The highest BCUT2D eigenvalue weighted by molar-refractivity contribution is 6.29. The van der Waals surface area contributed by atoms with Crippen LogP contribution in [0.1, 0.15) is 37.3 Å². The minimum atomic E-state index is 0.128. The summed E-state index contributed by atoms with van der Waals surface area (Å²) in [5.74, 6) is 1.07. The lowest BCUT2D eigenvalue weighted by Crippen LogP contribution is -2.38. The quantitative estimate of drug-likeness (QED) is 0.349. The zero-order chi connectivity index (χ0) is 20.5. The van der Waals surface area contributed by atoms with E-state index in [1.807, 2.05) is 37.3 Å². The highest BCUT2D eigenvalue weighted by atomic mass is 35.5. The summed E-state index contributed by atoms with van der Waals surface area (Å²) < 4.78 is 0. The summed E-state index contributed by atoms with van der Waals surface area (Å²) in [6.07, 6.45) is 5.77. The summed E-state index contributed by atoms with van der Waals surface area (Å²) in [6, 6.07) is 11.7. The van der Waals surface area contributed by atoms with E-state index in [1.165, 1.54) is 0 Å². The molecule has 0 unspecified atom stereocenters. The van der Waals surface area contributed by atoms with Crippen LogP contribution in [-0.4, -0.2) is 29.9 Å². The smallest absolute Gasteiger partial charge is 0.227 e. The van der Waals surface area contributed by atoms with Crippen molar-refractivity contribution in [3.8, 4) is 0 Å². The van der Waals surface area contributed by atoms with Crippen molar-refractivity contribution in [1.29, 1.82) is 0 Å². The lowest BCUT2D eigenvalue weighted by atomic mass is 9.85. The fourth-order valence-electron chi connectivity index (χ4n) is 3.05. The highest BCUT2D eigenvalue weighted by Crippen LogP contribution is 2.27. The van der Waals surface area contributed by atoms with Gasteiger partial charge in [-0.2, -0.15) is 0 Å². The Morgan fingerprint density at radius 2 is 2.07 bits per heavy atom. The van der Waals surface area contributed by atoms with Gasteiger partial charge in [-0.25, -0.2) is 9.98 Å². The van der Waals surface area contributed by atoms with Gasteiger partial charge in [-0.15, -0.1) is 0 Å². The number of nitrogens with one attached hydrogen (secondary N) is 3. The Morgan fingerprint density at radius 1 is 1.21 bits per heavy atom. The van der Waals surface area contributed by atoms with Crippen molar-refractivity contribution in [3.05, 3.63) is 58.9 Å². The molecule has 1 aromatic carbocycles. The Bertz CT molecular complexity index is 833. The van der Waals surface area contributed by atoms with Gasteiger partial charge in [0.1, 0.15) is 5.15 Å². The molecule has 1 aliphatic rings. The summed E-state index contributed by atoms with van der Waals surface area (Å²) >= 11 is 5.82. The van der Waals surface area contributed by atoms with Gasteiger partial charge >= 0.3 is 0 Å². The molecule has 1 aliphatic carbocycles. The largest absolute Gasteiger partial charge is 0.357 e. The molecular weight excluding hydrogens is 386 g/mol. The summed E-state index contributed by atoms with van der Waals surface area (Å²) in [7, 11) is 0. The number of carbonyl (C=O) groups is 1. The third-order valence-electron chi connectivity index (χ3n) is 4.93. The van der Waals surface area contributed by atoms with Crippen molar-refractivity contribution < 1.29 is 4.79 Å². The summed E-state index contributed by atoms with van der Waals surface area (Å²) in [6.45, 7) is 4.10. The molecule has 0 radical (unpaired) electrons. The minimum Gasteiger partial charge on any atom is -0.357 e. The van der Waals surface area contributed by atoms with Crippen molar-refractivity contribution in [3.63, 3.8) is 0 Å². The monoisotopic (exact) mass is 413 g/mol. The van der Waals surface area contributed by atoms with Crippen molar-refractivity contribution >= 4 is 29.2 Å². The van der Waals surface area contributed by atoms with Crippen LogP contribution in [0.25, 0.3) is 0 Å². The second kappa shape index (κ2) is 10.8. The number of pyridine rings is 1. The fraction of sp³-hybridized carbons (Fsp3) is 0.409. The topological polar surface area (TPSA) is 78.4 Å². The molecule has 0 atom stereocenters. The molecule has 1 amide bonds. The van der Waals surface area contributed by atoms with Gasteiger partial charge in [0.25, 0.3) is 0 Å². The van der Waals surface area contributed by atoms with Crippen LogP contribution in [0.15, 0.2) is 47.6 Å². The Morgan fingerprint density at radius 3 is 2.76 bits per heavy atom. The molecular formula is C22H28ClN5O. The molecule has 3 rings (SSSR count). The molecule has 0 spiro atoms. The van der Waals surface area contributed by atoms with Crippen LogP contribution in [0.5, 0.6) is 0 Å². The van der Waals surface area contributed by atoms with Crippen LogP contribution < -0.4 is 16.0 Å². The number of hydrogen-bond donors (Lipinski definition) is 3. The average molecular weight is 414 g/mol. The molecule has 0 aliphatic heterocycles. The van der Waals surface area contributed by atoms with Gasteiger partial charge in [0.05, 0.1) is 6.54 Å². The Balaban J connectivity index is 1.52. The van der Waals surface area contributed by atoms with Crippen LogP contribution in [0.4, 0.5) is 5.69 Å². The molecule has 6 nitrogen and oxygen atoms in total. The van der Waals surface area contributed by atoms with Crippen molar-refractivity contribution in [2.24, 2.45) is 10.9 Å². The number of halogens is 1. The first-order valence-corrected chi connectivity index (χ1v) is 10.5. The number of carbonyl (C=O) groups excluding carboxylic acids is 1. The lowest BCUT2D eigenvalue weighted by Gasteiger charge is -2.24. The van der Waals surface area contributed by atoms with Crippen LogP contribution in [0.2, 0.25) is 5.15 Å². The lowest BCUT2D eigenvalue weighted by molar-refractivity contribution is -0.122. The molecule has 3 N–H and O–H groups in total. The predicted molar refractivity (Wildman–Crippen MR) is 118 cm³/mol. The number of hydrogen-bond acceptors (Lipinski definition) is 3. The molecule has 29 heavy (non-hydrogen) atoms. The van der Waals surface area contributed by atoms with Crippen molar-refractivity contribution in [2.45, 2.75) is 39.2 Å². The second-order valence-electron chi connectivity index (χ2n) is 7.18. The highest BCUT2D eigenvalue weighted by Gasteiger charge is 2.25. The molecule has 7 heteroatoms. The van der Waals surface area contributed by atoms with E-state index in [2.05, 4.69) is 25.9 Å². The van der Waals surface area contributed by atoms with E-state index in [4.69, 9.17) is 11.6 Å². The molecule has 1 aromatic heterocycles. The third-order valence-corrected chi connectivity index (χ3v) is 5.15. The maximum absolute atomic E-state index is 12.1. The number of benzene rings is 1. The first kappa shape index (κ1) is 21.1. The summed E-state index contributed by atoms with van der Waals surface area (Å²) in [5, 5.41) is 10.1. The van der Waals surface area contributed by atoms with E-state index in [-0.39, 0.29) is 11.8 Å². The van der Waals surface area contributed by atoms with Gasteiger partial charge in [-0.3, -0.25) is 4.79 Å². The Kier molecular flexibility index (Phi) is 7.87. The first-order chi connectivity index (χ1) is 14.1. The molecule has 154 valence electrons. The van der Waals surface area contributed by atoms with Crippen molar-refractivity contribution in [1.82, 2.24) is 15.6 Å². The molecule has 2 aromatic rings. The Labute approximate surface area is 177 Å². The van der Waals surface area contributed by atoms with E-state index >= 15 is 0 Å². The third kappa shape index (κ3) is 6.75. The van der Waals surface area contributed by atoms with Crippen LogP contribution in [0, 0.1) is 5.92 Å². The number of amides is 1. The fourth-order valence-corrected chi connectivity index (χ4v) is 3.17. The van der Waals surface area contributed by atoms with Gasteiger partial charge in [0.15, 0.2) is 5.96 Å². The number of rotatable bonds is 8. The van der Waals surface area contributed by atoms with Crippen LogP contribution in [0.3, 0.4) is 0 Å². The Hall–Kier alpha value is -2.60. The molecule has 1 heterocycles. The maximum Gasteiger partial charge on any atom is 0.227 e. The zero-order valence-electron chi connectivity index (χ0n) is 16.7. The molecule has 0 bridgehead atoms.